The molecule has 2 aromatic rings. The summed E-state index contributed by atoms with van der Waals surface area (Å²) in [5.74, 6) is -4.48. The van der Waals surface area contributed by atoms with Gasteiger partial charge in [0.2, 0.25) is 29.5 Å². The molecule has 1 aromatic heterocycles. The van der Waals surface area contributed by atoms with Crippen molar-refractivity contribution in [3.05, 3.63) is 47.7 Å². The molecule has 5 amide bonds. The standard InChI is InChI=1S/C42H63N7O10S/c1-26(37(55)45-30(40(58)59)15-16-32(51)44-19-21-47(8)33(52)23-27(25-50)60-22-18-34(53)54)17-20-48(9)39(57)36(41(2,3)4)46-38(56)35(43-7)42(5,6)29-24-49(10)31-14-12-11-13-28(29)31/h11-14,17,24-25,27,30,35-36,43H,15-16,18-23H2,1-10H3,(H,44,51)(H,45,55)(H,46,56)(H,53,54)(H,58,59)/b26-17+/t27?,30-,35-,36?/m1/s1. The quantitative estimate of drug-likeness (QED) is 0.0658. The number of para-hydroxylation sites is 1. The molecule has 6 N–H and O–H groups in total. The summed E-state index contributed by atoms with van der Waals surface area (Å²) in [6.45, 7) is 11.1. The molecule has 2 rings (SSSR count). The summed E-state index contributed by atoms with van der Waals surface area (Å²) in [4.78, 5) is 103. The van der Waals surface area contributed by atoms with Gasteiger partial charge in [-0.05, 0) is 37.4 Å². The Hall–Kier alpha value is -5.23. The van der Waals surface area contributed by atoms with Gasteiger partial charge in [0.15, 0.2) is 0 Å². The molecule has 0 saturated heterocycles. The van der Waals surface area contributed by atoms with Crippen molar-refractivity contribution in [3.63, 3.8) is 0 Å². The average Bonchev–Trinajstić information content (AvgIpc) is 3.52. The molecular formula is C42H63N7O10S. The number of nitrogens with one attached hydrogen (secondary N) is 4. The van der Waals surface area contributed by atoms with Gasteiger partial charge in [-0.15, -0.1) is 11.8 Å². The maximum absolute atomic E-state index is 14.0. The molecule has 2 unspecified atom stereocenters. The zero-order valence-electron chi connectivity index (χ0n) is 36.4. The molecule has 0 aliphatic rings. The number of carbonyl (C=O) groups excluding carboxylic acids is 6. The number of carboxylic acids is 2. The number of nitrogens with zero attached hydrogens (tertiary/aromatic N) is 3. The van der Waals surface area contributed by atoms with Crippen LogP contribution < -0.4 is 21.3 Å². The molecule has 0 radical (unpaired) electrons. The van der Waals surface area contributed by atoms with Gasteiger partial charge in [-0.1, -0.05) is 58.9 Å². The summed E-state index contributed by atoms with van der Waals surface area (Å²) >= 11 is 1.07. The second-order valence-corrected chi connectivity index (χ2v) is 17.8. The van der Waals surface area contributed by atoms with Gasteiger partial charge in [0.25, 0.3) is 0 Å². The minimum atomic E-state index is -1.40. The Morgan fingerprint density at radius 1 is 0.933 bits per heavy atom. The number of hydrogen-bond acceptors (Lipinski definition) is 10. The summed E-state index contributed by atoms with van der Waals surface area (Å²) in [5.41, 5.74) is 0.764. The molecule has 332 valence electrons. The maximum Gasteiger partial charge on any atom is 0.326 e. The third kappa shape index (κ3) is 14.8. The van der Waals surface area contributed by atoms with E-state index < -0.39 is 58.0 Å². The van der Waals surface area contributed by atoms with E-state index in [2.05, 4.69) is 21.3 Å². The second kappa shape index (κ2) is 23.0. The van der Waals surface area contributed by atoms with E-state index in [0.717, 1.165) is 28.2 Å². The molecule has 60 heavy (non-hydrogen) atoms. The summed E-state index contributed by atoms with van der Waals surface area (Å²) in [6.07, 6.45) is 3.36. The van der Waals surface area contributed by atoms with Crippen LogP contribution in [0, 0.1) is 5.41 Å². The van der Waals surface area contributed by atoms with Crippen LogP contribution in [0.3, 0.4) is 0 Å². The van der Waals surface area contributed by atoms with E-state index in [-0.39, 0.29) is 74.4 Å². The van der Waals surface area contributed by atoms with Crippen molar-refractivity contribution in [1.29, 1.82) is 0 Å². The van der Waals surface area contributed by atoms with Crippen LogP contribution in [0.15, 0.2) is 42.1 Å². The highest BCUT2D eigenvalue weighted by atomic mass is 32.2. The van der Waals surface area contributed by atoms with Gasteiger partial charge in [-0.2, -0.15) is 0 Å². The van der Waals surface area contributed by atoms with Gasteiger partial charge in [-0.25, -0.2) is 4.79 Å². The number of benzene rings is 1. The molecular weight excluding hydrogens is 795 g/mol. The molecule has 1 heterocycles. The first-order valence-electron chi connectivity index (χ1n) is 19.7. The molecule has 4 atom stereocenters. The molecule has 1 aromatic carbocycles. The fourth-order valence-corrected chi connectivity index (χ4v) is 7.47. The van der Waals surface area contributed by atoms with Gasteiger partial charge in [0.05, 0.1) is 17.7 Å². The fraction of sp³-hybridized carbons (Fsp3) is 0.571. The second-order valence-electron chi connectivity index (χ2n) is 16.5. The first-order valence-corrected chi connectivity index (χ1v) is 20.8. The highest BCUT2D eigenvalue weighted by Crippen LogP contribution is 2.35. The number of aliphatic carboxylic acids is 2. The predicted molar refractivity (Wildman–Crippen MR) is 230 cm³/mol. The van der Waals surface area contributed by atoms with Crippen molar-refractivity contribution in [2.24, 2.45) is 12.5 Å². The number of aryl methyl sites for hydroxylation is 1. The van der Waals surface area contributed by atoms with Crippen LogP contribution in [0.1, 0.15) is 72.8 Å². The van der Waals surface area contributed by atoms with Crippen molar-refractivity contribution in [2.75, 3.05) is 46.5 Å². The summed E-state index contributed by atoms with van der Waals surface area (Å²) in [6, 6.07) is 4.91. The Labute approximate surface area is 356 Å². The van der Waals surface area contributed by atoms with E-state index in [4.69, 9.17) is 5.11 Å². The van der Waals surface area contributed by atoms with E-state index in [9.17, 15) is 43.5 Å². The van der Waals surface area contributed by atoms with Gasteiger partial charge in [-0.3, -0.25) is 28.8 Å². The normalized spacial score (nSPS) is 14.0. The molecule has 0 fully saturated rings. The van der Waals surface area contributed by atoms with Crippen LogP contribution in [-0.2, 0) is 50.8 Å². The Morgan fingerprint density at radius 2 is 1.58 bits per heavy atom. The monoisotopic (exact) mass is 857 g/mol. The third-order valence-corrected chi connectivity index (χ3v) is 11.4. The predicted octanol–water partition coefficient (Wildman–Crippen LogP) is 2.07. The van der Waals surface area contributed by atoms with Crippen LogP contribution in [0.4, 0.5) is 0 Å². The largest absolute Gasteiger partial charge is 0.481 e. The number of carboxylic acid groups (broad SMARTS) is 2. The highest BCUT2D eigenvalue weighted by molar-refractivity contribution is 8.00. The molecule has 18 heteroatoms. The highest BCUT2D eigenvalue weighted by Gasteiger charge is 2.41. The fourth-order valence-electron chi connectivity index (χ4n) is 6.53. The lowest BCUT2D eigenvalue weighted by atomic mass is 9.76. The van der Waals surface area contributed by atoms with Crippen molar-refractivity contribution >= 4 is 70.4 Å². The van der Waals surface area contributed by atoms with E-state index in [0.29, 0.717) is 6.29 Å². The van der Waals surface area contributed by atoms with Crippen molar-refractivity contribution < 1.29 is 48.6 Å². The van der Waals surface area contributed by atoms with Crippen molar-refractivity contribution in [1.82, 2.24) is 35.6 Å². The first kappa shape index (κ1) is 50.9. The van der Waals surface area contributed by atoms with Crippen molar-refractivity contribution in [2.45, 2.75) is 96.0 Å². The van der Waals surface area contributed by atoms with E-state index in [1.807, 2.05) is 76.7 Å². The smallest absolute Gasteiger partial charge is 0.326 e. The zero-order chi connectivity index (χ0) is 45.5. The van der Waals surface area contributed by atoms with Gasteiger partial charge in [0.1, 0.15) is 18.4 Å². The van der Waals surface area contributed by atoms with Crippen LogP contribution in [0.5, 0.6) is 0 Å². The summed E-state index contributed by atoms with van der Waals surface area (Å²) in [7, 11) is 6.70. The number of likely N-dealkylation sites (N-methyl/N-ethyl adjacent to an activating group) is 3. The number of hydrogen-bond donors (Lipinski definition) is 6. The van der Waals surface area contributed by atoms with E-state index in [1.165, 1.54) is 29.8 Å². The molecule has 0 aliphatic heterocycles. The number of fused-ring (bicyclic) bond motifs is 1. The Balaban J connectivity index is 1.97. The van der Waals surface area contributed by atoms with Gasteiger partial charge >= 0.3 is 11.9 Å². The van der Waals surface area contributed by atoms with Crippen molar-refractivity contribution in [3.8, 4) is 0 Å². The van der Waals surface area contributed by atoms with Gasteiger partial charge < -0.3 is 50.6 Å². The van der Waals surface area contributed by atoms with E-state index >= 15 is 0 Å². The van der Waals surface area contributed by atoms with Gasteiger partial charge in [0, 0.05) is 87.5 Å². The number of rotatable bonds is 24. The lowest BCUT2D eigenvalue weighted by molar-refractivity contribution is -0.141. The zero-order valence-corrected chi connectivity index (χ0v) is 37.2. The molecule has 17 nitrogen and oxygen atoms in total. The average molecular weight is 858 g/mol. The number of aromatic nitrogens is 1. The van der Waals surface area contributed by atoms with Crippen LogP contribution in [0.25, 0.3) is 10.9 Å². The molecule has 0 saturated carbocycles. The minimum Gasteiger partial charge on any atom is -0.481 e. The topological polar surface area (TPSA) is 237 Å². The SMILES string of the molecule is CN[C@H](C(=O)NC(C(=O)N(C)C/C=C(\C)C(=O)N[C@H](CCC(=O)NCCN(C)C(=O)CC(C=O)SCCC(=O)O)C(=O)O)C(C)(C)C)C(C)(C)c1cn(C)c2ccccc12. The molecule has 0 spiro atoms. The van der Waals surface area contributed by atoms with E-state index in [1.54, 1.807) is 14.1 Å². The number of aldehydes is 1. The third-order valence-electron chi connectivity index (χ3n) is 10.3. The summed E-state index contributed by atoms with van der Waals surface area (Å²) < 4.78 is 2.02. The number of amides is 5. The van der Waals surface area contributed by atoms with Crippen LogP contribution in [-0.4, -0.2) is 142 Å². The molecule has 0 bridgehead atoms. The van der Waals surface area contributed by atoms with Crippen LogP contribution >= 0.6 is 11.8 Å². The maximum atomic E-state index is 14.0. The first-order chi connectivity index (χ1) is 28.0. The Morgan fingerprint density at radius 3 is 2.17 bits per heavy atom. The lowest BCUT2D eigenvalue weighted by Crippen LogP contribution is -2.60. The lowest BCUT2D eigenvalue weighted by Gasteiger charge is -2.38. The number of thioether (sulfide) groups is 1. The summed E-state index contributed by atoms with van der Waals surface area (Å²) in [5, 5.41) is 30.0. The Kier molecular flexibility index (Phi) is 19.5. The number of carbonyl (C=O) groups is 8. The molecule has 0 aliphatic carbocycles. The minimum absolute atomic E-state index is 0.0199. The Bertz CT molecular complexity index is 1900. The van der Waals surface area contributed by atoms with Crippen LogP contribution in [0.2, 0.25) is 0 Å².